The van der Waals surface area contributed by atoms with Gasteiger partial charge in [-0.15, -0.1) is 0 Å². The van der Waals surface area contributed by atoms with Crippen molar-refractivity contribution in [2.45, 2.75) is 26.9 Å². The fourth-order valence-electron chi connectivity index (χ4n) is 1.05. The summed E-state index contributed by atoms with van der Waals surface area (Å²) in [5.41, 5.74) is 3.29. The van der Waals surface area contributed by atoms with Gasteiger partial charge in [-0.05, 0) is 31.9 Å². The quantitative estimate of drug-likeness (QED) is 0.610. The lowest BCUT2D eigenvalue weighted by molar-refractivity contribution is 0.194. The van der Waals surface area contributed by atoms with Crippen LogP contribution in [0.15, 0.2) is 6.20 Å². The molecule has 0 aliphatic rings. The molecule has 0 radical (unpaired) electrons. The molecule has 0 unspecified atom stereocenters. The molecule has 1 aromatic rings. The Morgan fingerprint density at radius 1 is 1.50 bits per heavy atom. The van der Waals surface area contributed by atoms with Crippen LogP contribution in [0.4, 0.5) is 0 Å². The molecule has 2 heteroatoms. The third-order valence-corrected chi connectivity index (χ3v) is 1.86. The Morgan fingerprint density at radius 2 is 2.10 bits per heavy atom. The van der Waals surface area contributed by atoms with Gasteiger partial charge in [-0.25, -0.2) is 0 Å². The van der Waals surface area contributed by atoms with Crippen molar-refractivity contribution >= 4 is 0 Å². The first kappa shape index (κ1) is 7.35. The maximum Gasteiger partial charge on any atom is 0.0912 e. The lowest BCUT2D eigenvalue weighted by atomic mass is 10.1. The zero-order valence-electron chi connectivity index (χ0n) is 6.60. The minimum atomic E-state index is -0.381. The van der Waals surface area contributed by atoms with Crippen molar-refractivity contribution in [1.82, 2.24) is 4.98 Å². The molecule has 0 fully saturated rings. The van der Waals surface area contributed by atoms with Crippen molar-refractivity contribution < 1.29 is 5.11 Å². The van der Waals surface area contributed by atoms with Crippen molar-refractivity contribution in [1.29, 1.82) is 0 Å². The highest BCUT2D eigenvalue weighted by Gasteiger charge is 2.06. The molecule has 1 atom stereocenters. The average molecular weight is 139 g/mol. The minimum absolute atomic E-state index is 0.381. The maximum atomic E-state index is 9.19. The topological polar surface area (TPSA) is 36.0 Å². The summed E-state index contributed by atoms with van der Waals surface area (Å²) in [6, 6.07) is 0. The normalized spacial score (nSPS) is 13.6. The van der Waals surface area contributed by atoms with Crippen LogP contribution >= 0.6 is 0 Å². The number of aryl methyl sites for hydroxylation is 1. The Morgan fingerprint density at radius 3 is 2.30 bits per heavy atom. The molecule has 2 nitrogen and oxygen atoms in total. The zero-order valence-corrected chi connectivity index (χ0v) is 6.60. The number of H-pyrrole nitrogens is 1. The molecule has 0 aliphatic heterocycles. The van der Waals surface area contributed by atoms with Crippen molar-refractivity contribution in [3.05, 3.63) is 23.0 Å². The lowest BCUT2D eigenvalue weighted by Crippen LogP contribution is -1.93. The van der Waals surface area contributed by atoms with E-state index < -0.39 is 0 Å². The molecular formula is C8H13NO. The first-order chi connectivity index (χ1) is 4.63. The molecule has 0 aliphatic carbocycles. The summed E-state index contributed by atoms with van der Waals surface area (Å²) in [5, 5.41) is 9.19. The van der Waals surface area contributed by atoms with Gasteiger partial charge in [0.05, 0.1) is 6.10 Å². The van der Waals surface area contributed by atoms with Crippen molar-refractivity contribution in [2.75, 3.05) is 0 Å². The van der Waals surface area contributed by atoms with Gasteiger partial charge in [-0.2, -0.15) is 0 Å². The van der Waals surface area contributed by atoms with Gasteiger partial charge in [0, 0.05) is 11.9 Å². The standard InChI is InChI=1S/C8H13NO/c1-5-4-9-8(6(5)2)7(3)10/h4,7,9-10H,1-3H3/t7-/m0/s1. The van der Waals surface area contributed by atoms with E-state index in [4.69, 9.17) is 0 Å². The SMILES string of the molecule is Cc1c[nH]c([C@H](C)O)c1C. The molecule has 0 aromatic carbocycles. The number of rotatable bonds is 1. The molecule has 1 aromatic heterocycles. The highest BCUT2D eigenvalue weighted by Crippen LogP contribution is 2.17. The van der Waals surface area contributed by atoms with Crippen LogP contribution in [-0.4, -0.2) is 10.1 Å². The van der Waals surface area contributed by atoms with Crippen molar-refractivity contribution in [3.63, 3.8) is 0 Å². The second-order valence-electron chi connectivity index (χ2n) is 2.69. The van der Waals surface area contributed by atoms with Crippen LogP contribution in [0.3, 0.4) is 0 Å². The number of aliphatic hydroxyl groups excluding tert-OH is 1. The molecule has 0 spiro atoms. The second kappa shape index (κ2) is 2.46. The Bertz CT molecular complexity index is 225. The summed E-state index contributed by atoms with van der Waals surface area (Å²) in [4.78, 5) is 3.02. The van der Waals surface area contributed by atoms with Crippen molar-refractivity contribution in [2.24, 2.45) is 0 Å². The number of aromatic amines is 1. The fourth-order valence-corrected chi connectivity index (χ4v) is 1.05. The van der Waals surface area contributed by atoms with E-state index in [0.29, 0.717) is 0 Å². The smallest absolute Gasteiger partial charge is 0.0912 e. The first-order valence-corrected chi connectivity index (χ1v) is 3.45. The molecule has 0 bridgehead atoms. The van der Waals surface area contributed by atoms with Crippen LogP contribution in [0.2, 0.25) is 0 Å². The average Bonchev–Trinajstić information content (AvgIpc) is 2.14. The number of aliphatic hydroxyl groups is 1. The number of hydrogen-bond donors (Lipinski definition) is 2. The monoisotopic (exact) mass is 139 g/mol. The van der Waals surface area contributed by atoms with E-state index in [1.807, 2.05) is 20.0 Å². The molecule has 0 saturated heterocycles. The molecule has 0 amide bonds. The van der Waals surface area contributed by atoms with Gasteiger partial charge >= 0.3 is 0 Å². The molecule has 1 rings (SSSR count). The van der Waals surface area contributed by atoms with Crippen molar-refractivity contribution in [3.8, 4) is 0 Å². The summed E-state index contributed by atoms with van der Waals surface area (Å²) >= 11 is 0. The Kier molecular flexibility index (Phi) is 1.81. The van der Waals surface area contributed by atoms with E-state index in [-0.39, 0.29) is 6.10 Å². The van der Waals surface area contributed by atoms with Gasteiger partial charge in [-0.3, -0.25) is 0 Å². The molecule has 1 heterocycles. The van der Waals surface area contributed by atoms with Crippen LogP contribution in [0.5, 0.6) is 0 Å². The first-order valence-electron chi connectivity index (χ1n) is 3.45. The van der Waals surface area contributed by atoms with Gasteiger partial charge in [-0.1, -0.05) is 0 Å². The van der Waals surface area contributed by atoms with E-state index >= 15 is 0 Å². The number of hydrogen-bond acceptors (Lipinski definition) is 1. The molecule has 0 saturated carbocycles. The van der Waals surface area contributed by atoms with Crippen LogP contribution < -0.4 is 0 Å². The minimum Gasteiger partial charge on any atom is -0.387 e. The van der Waals surface area contributed by atoms with Crippen LogP contribution in [0, 0.1) is 13.8 Å². The Balaban J connectivity index is 3.05. The van der Waals surface area contributed by atoms with E-state index in [1.54, 1.807) is 6.92 Å². The van der Waals surface area contributed by atoms with Gasteiger partial charge in [0.2, 0.25) is 0 Å². The predicted molar refractivity (Wildman–Crippen MR) is 40.9 cm³/mol. The molecule has 10 heavy (non-hydrogen) atoms. The molecular weight excluding hydrogens is 126 g/mol. The molecule has 2 N–H and O–H groups in total. The van der Waals surface area contributed by atoms with Gasteiger partial charge in [0.15, 0.2) is 0 Å². The van der Waals surface area contributed by atoms with E-state index in [2.05, 4.69) is 4.98 Å². The summed E-state index contributed by atoms with van der Waals surface area (Å²) in [6.45, 7) is 5.80. The zero-order chi connectivity index (χ0) is 7.72. The number of aromatic nitrogens is 1. The van der Waals surface area contributed by atoms with Crippen LogP contribution in [0.25, 0.3) is 0 Å². The summed E-state index contributed by atoms with van der Waals surface area (Å²) < 4.78 is 0. The van der Waals surface area contributed by atoms with E-state index in [1.165, 1.54) is 5.56 Å². The number of nitrogens with one attached hydrogen (secondary N) is 1. The van der Waals surface area contributed by atoms with Gasteiger partial charge < -0.3 is 10.1 Å². The Hall–Kier alpha value is -0.760. The third-order valence-electron chi connectivity index (χ3n) is 1.86. The van der Waals surface area contributed by atoms with Crippen LogP contribution in [-0.2, 0) is 0 Å². The van der Waals surface area contributed by atoms with Crippen LogP contribution in [0.1, 0.15) is 29.8 Å². The van der Waals surface area contributed by atoms with E-state index in [9.17, 15) is 5.11 Å². The fraction of sp³-hybridized carbons (Fsp3) is 0.500. The second-order valence-corrected chi connectivity index (χ2v) is 2.69. The highest BCUT2D eigenvalue weighted by atomic mass is 16.3. The summed E-state index contributed by atoms with van der Waals surface area (Å²) in [6.07, 6.45) is 1.53. The van der Waals surface area contributed by atoms with Gasteiger partial charge in [0.1, 0.15) is 0 Å². The van der Waals surface area contributed by atoms with E-state index in [0.717, 1.165) is 11.3 Å². The maximum absolute atomic E-state index is 9.19. The summed E-state index contributed by atoms with van der Waals surface area (Å²) in [7, 11) is 0. The third kappa shape index (κ3) is 1.07. The lowest BCUT2D eigenvalue weighted by Gasteiger charge is -2.01. The largest absolute Gasteiger partial charge is 0.387 e. The predicted octanol–water partition coefficient (Wildman–Crippen LogP) is 1.68. The Labute approximate surface area is 60.9 Å². The van der Waals surface area contributed by atoms with Gasteiger partial charge in [0.25, 0.3) is 0 Å². The summed E-state index contributed by atoms with van der Waals surface area (Å²) in [5.74, 6) is 0. The highest BCUT2D eigenvalue weighted by molar-refractivity contribution is 5.29. The molecule has 56 valence electrons.